The van der Waals surface area contributed by atoms with E-state index >= 15 is 0 Å². The van der Waals surface area contributed by atoms with E-state index in [1.165, 1.54) is 24.3 Å². The molecular formula is C24H15N3O6. The molecule has 3 aromatic carbocycles. The minimum absolute atomic E-state index is 0.259. The van der Waals surface area contributed by atoms with E-state index in [1.807, 2.05) is 0 Å². The number of amides is 3. The predicted octanol–water partition coefficient (Wildman–Crippen LogP) is 4.24. The van der Waals surface area contributed by atoms with Crippen LogP contribution in [0.1, 0.15) is 20.7 Å². The molecule has 4 aromatic rings. The van der Waals surface area contributed by atoms with Gasteiger partial charge in [0, 0.05) is 11.1 Å². The van der Waals surface area contributed by atoms with Crippen LogP contribution in [-0.4, -0.2) is 34.1 Å². The molecule has 9 heteroatoms. The predicted molar refractivity (Wildman–Crippen MR) is 119 cm³/mol. The maximum absolute atomic E-state index is 12.6. The third-order valence-electron chi connectivity index (χ3n) is 5.36. The highest BCUT2D eigenvalue weighted by atomic mass is 16.6. The Morgan fingerprint density at radius 3 is 2.21 bits per heavy atom. The van der Waals surface area contributed by atoms with E-state index in [1.54, 1.807) is 48.5 Å². The van der Waals surface area contributed by atoms with Gasteiger partial charge in [0.25, 0.3) is 11.8 Å². The van der Waals surface area contributed by atoms with E-state index in [4.69, 9.17) is 4.42 Å². The fraction of sp³-hybridized carbons (Fsp3) is 0.0417. The summed E-state index contributed by atoms with van der Waals surface area (Å²) in [6.07, 6.45) is 0. The molecule has 1 aromatic heterocycles. The molecule has 162 valence electrons. The zero-order valence-corrected chi connectivity index (χ0v) is 17.0. The second-order valence-electron chi connectivity index (χ2n) is 7.41. The zero-order valence-electron chi connectivity index (χ0n) is 17.0. The first-order chi connectivity index (χ1) is 15.9. The number of rotatable bonds is 5. The van der Waals surface area contributed by atoms with E-state index in [-0.39, 0.29) is 11.1 Å². The van der Waals surface area contributed by atoms with Crippen LogP contribution in [0, 0.1) is 10.1 Å². The number of nitrogens with zero attached hydrogens (tertiary/aromatic N) is 2. The monoisotopic (exact) mass is 441 g/mol. The Morgan fingerprint density at radius 2 is 1.58 bits per heavy atom. The van der Waals surface area contributed by atoms with Crippen LogP contribution in [-0.2, 0) is 4.79 Å². The summed E-state index contributed by atoms with van der Waals surface area (Å²) >= 11 is 0. The van der Waals surface area contributed by atoms with Crippen LogP contribution in [0.2, 0.25) is 0 Å². The zero-order chi connectivity index (χ0) is 23.1. The molecule has 0 radical (unpaired) electrons. The lowest BCUT2D eigenvalue weighted by atomic mass is 10.0. The van der Waals surface area contributed by atoms with Gasteiger partial charge in [-0.1, -0.05) is 42.5 Å². The van der Waals surface area contributed by atoms with Crippen LogP contribution in [0.4, 0.5) is 11.6 Å². The quantitative estimate of drug-likeness (QED) is 0.281. The van der Waals surface area contributed by atoms with Gasteiger partial charge in [0.15, 0.2) is 0 Å². The van der Waals surface area contributed by atoms with Gasteiger partial charge in [-0.05, 0) is 35.9 Å². The Balaban J connectivity index is 1.43. The summed E-state index contributed by atoms with van der Waals surface area (Å²) in [6.45, 7) is -0.457. The van der Waals surface area contributed by atoms with Crippen LogP contribution in [0.25, 0.3) is 22.1 Å². The van der Waals surface area contributed by atoms with E-state index in [0.29, 0.717) is 27.8 Å². The fourth-order valence-corrected chi connectivity index (χ4v) is 3.90. The number of furan rings is 1. The number of anilines is 1. The molecule has 5 rings (SSSR count). The Morgan fingerprint density at radius 1 is 0.939 bits per heavy atom. The van der Waals surface area contributed by atoms with Crippen molar-refractivity contribution >= 4 is 40.3 Å². The highest BCUT2D eigenvalue weighted by Crippen LogP contribution is 2.40. The lowest BCUT2D eigenvalue weighted by molar-refractivity contribution is -0.400. The fourth-order valence-electron chi connectivity index (χ4n) is 3.90. The number of carbonyl (C=O) groups excluding carboxylic acids is 3. The number of nitrogens with one attached hydrogen (secondary N) is 1. The lowest BCUT2D eigenvalue weighted by Gasteiger charge is -2.13. The van der Waals surface area contributed by atoms with E-state index in [2.05, 4.69) is 5.32 Å². The third-order valence-corrected chi connectivity index (χ3v) is 5.36. The largest absolute Gasteiger partial charge is 0.442 e. The number of imide groups is 1. The number of benzene rings is 3. The SMILES string of the molecule is O=C(CN1C(=O)c2ccccc2C1=O)Nc1ccc2oc([N+](=O)[O-])c(-c3ccccc3)c2c1. The molecule has 0 unspecified atom stereocenters. The smallest absolute Gasteiger partial charge is 0.400 e. The Kier molecular flexibility index (Phi) is 4.71. The maximum Gasteiger partial charge on any atom is 0.442 e. The molecular weight excluding hydrogens is 426 g/mol. The topological polar surface area (TPSA) is 123 Å². The number of carbonyl (C=O) groups is 3. The maximum atomic E-state index is 12.6. The highest BCUT2D eigenvalue weighted by Gasteiger charge is 2.36. The summed E-state index contributed by atoms with van der Waals surface area (Å²) in [4.78, 5) is 49.4. The van der Waals surface area contributed by atoms with Gasteiger partial charge in [0.2, 0.25) is 5.91 Å². The highest BCUT2D eigenvalue weighted by molar-refractivity contribution is 6.22. The number of hydrogen-bond donors (Lipinski definition) is 1. The summed E-state index contributed by atoms with van der Waals surface area (Å²) < 4.78 is 5.44. The van der Waals surface area contributed by atoms with Crippen LogP contribution in [0.3, 0.4) is 0 Å². The van der Waals surface area contributed by atoms with Crippen molar-refractivity contribution in [3.8, 4) is 11.1 Å². The van der Waals surface area contributed by atoms with E-state index in [0.717, 1.165) is 4.90 Å². The van der Waals surface area contributed by atoms with Gasteiger partial charge in [-0.2, -0.15) is 0 Å². The van der Waals surface area contributed by atoms with Crippen LogP contribution >= 0.6 is 0 Å². The first kappa shape index (κ1) is 20.1. The summed E-state index contributed by atoms with van der Waals surface area (Å²) in [7, 11) is 0. The lowest BCUT2D eigenvalue weighted by Crippen LogP contribution is -2.37. The molecule has 9 nitrogen and oxygen atoms in total. The molecule has 1 N–H and O–H groups in total. The summed E-state index contributed by atoms with van der Waals surface area (Å²) in [6, 6.07) is 19.8. The van der Waals surface area contributed by atoms with Gasteiger partial charge in [-0.15, -0.1) is 0 Å². The van der Waals surface area contributed by atoms with Gasteiger partial charge in [-0.25, -0.2) is 0 Å². The standard InChI is InChI=1S/C24H15N3O6/c28-20(13-26-22(29)16-8-4-5-9-17(16)23(26)30)25-15-10-11-19-18(12-15)21(24(33-19)27(31)32)14-6-2-1-3-7-14/h1-12H,13H2,(H,25,28). The molecule has 0 spiro atoms. The molecule has 0 aliphatic carbocycles. The Hall–Kier alpha value is -4.79. The molecule has 33 heavy (non-hydrogen) atoms. The third kappa shape index (κ3) is 3.41. The van der Waals surface area contributed by atoms with Crippen molar-refractivity contribution in [1.29, 1.82) is 0 Å². The summed E-state index contributed by atoms with van der Waals surface area (Å²) in [5, 5.41) is 14.6. The second kappa shape index (κ2) is 7.72. The molecule has 0 saturated heterocycles. The molecule has 0 fully saturated rings. The molecule has 0 bridgehead atoms. The first-order valence-electron chi connectivity index (χ1n) is 9.95. The first-order valence-corrected chi connectivity index (χ1v) is 9.95. The summed E-state index contributed by atoms with van der Waals surface area (Å²) in [5.74, 6) is -2.04. The Labute approximate surface area is 186 Å². The van der Waals surface area contributed by atoms with Gasteiger partial charge < -0.3 is 9.73 Å². The van der Waals surface area contributed by atoms with Crippen molar-refractivity contribution in [2.75, 3.05) is 11.9 Å². The van der Waals surface area contributed by atoms with Crippen molar-refractivity contribution in [3.05, 3.63) is 94.0 Å². The van der Waals surface area contributed by atoms with Gasteiger partial charge in [0.1, 0.15) is 22.6 Å². The number of hydrogen-bond acceptors (Lipinski definition) is 6. The van der Waals surface area contributed by atoms with Crippen molar-refractivity contribution in [2.45, 2.75) is 0 Å². The molecule has 1 aliphatic rings. The molecule has 1 aliphatic heterocycles. The second-order valence-corrected chi connectivity index (χ2v) is 7.41. The average molecular weight is 441 g/mol. The van der Waals surface area contributed by atoms with Crippen LogP contribution in [0.5, 0.6) is 0 Å². The van der Waals surface area contributed by atoms with Gasteiger partial charge in [-0.3, -0.25) is 29.4 Å². The minimum atomic E-state index is -0.594. The summed E-state index contributed by atoms with van der Waals surface area (Å²) in [5.41, 5.74) is 2.05. The number of nitro groups is 1. The molecule has 0 atom stereocenters. The van der Waals surface area contributed by atoms with Crippen LogP contribution in [0.15, 0.2) is 77.2 Å². The normalized spacial score (nSPS) is 12.8. The van der Waals surface area contributed by atoms with E-state index in [9.17, 15) is 24.5 Å². The molecule has 3 amide bonds. The Bertz CT molecular complexity index is 1420. The molecule has 0 saturated carbocycles. The molecule has 2 heterocycles. The van der Waals surface area contributed by atoms with Crippen molar-refractivity contribution in [2.24, 2.45) is 0 Å². The van der Waals surface area contributed by atoms with Crippen molar-refractivity contribution in [3.63, 3.8) is 0 Å². The van der Waals surface area contributed by atoms with Crippen molar-refractivity contribution in [1.82, 2.24) is 4.90 Å². The van der Waals surface area contributed by atoms with Crippen molar-refractivity contribution < 1.29 is 23.7 Å². The van der Waals surface area contributed by atoms with Gasteiger partial charge in [0.05, 0.1) is 11.1 Å². The number of fused-ring (bicyclic) bond motifs is 2. The average Bonchev–Trinajstić information content (AvgIpc) is 3.31. The van der Waals surface area contributed by atoms with Crippen LogP contribution < -0.4 is 5.32 Å². The van der Waals surface area contributed by atoms with E-state index < -0.39 is 35.1 Å². The minimum Gasteiger partial charge on any atom is -0.400 e. The van der Waals surface area contributed by atoms with Gasteiger partial charge >= 0.3 is 5.88 Å².